The Labute approximate surface area is 207 Å². The Morgan fingerprint density at radius 1 is 0.882 bits per heavy atom. The molecule has 34 heavy (non-hydrogen) atoms. The van der Waals surface area contributed by atoms with Gasteiger partial charge in [-0.3, -0.25) is 14.4 Å². The minimum absolute atomic E-state index is 0.107. The summed E-state index contributed by atoms with van der Waals surface area (Å²) in [7, 11) is 0. The smallest absolute Gasteiger partial charge is 0.326 e. The van der Waals surface area contributed by atoms with Crippen LogP contribution in [0.3, 0.4) is 0 Å². The van der Waals surface area contributed by atoms with Gasteiger partial charge in [-0.1, -0.05) is 70.9 Å². The SMILES string of the molecule is CCC(C)C(NC(=O)C(N)CS)C(=O)NC(C(=O)NC(Cc1ccccc1)C(=O)O)C(C)CC. The number of aliphatic carboxylic acids is 1. The number of amides is 3. The predicted molar refractivity (Wildman–Crippen MR) is 134 cm³/mol. The summed E-state index contributed by atoms with van der Waals surface area (Å²) in [5, 5.41) is 17.6. The van der Waals surface area contributed by atoms with Crippen LogP contribution >= 0.6 is 12.6 Å². The Hall–Kier alpha value is -2.59. The van der Waals surface area contributed by atoms with Crippen LogP contribution in [0.25, 0.3) is 0 Å². The molecular formula is C24H38N4O5S. The van der Waals surface area contributed by atoms with Crippen molar-refractivity contribution < 1.29 is 24.3 Å². The van der Waals surface area contributed by atoms with E-state index in [0.717, 1.165) is 5.56 Å². The molecule has 0 bridgehead atoms. The minimum Gasteiger partial charge on any atom is -0.480 e. The van der Waals surface area contributed by atoms with Crippen LogP contribution in [0.4, 0.5) is 0 Å². The summed E-state index contributed by atoms with van der Waals surface area (Å²) in [5.41, 5.74) is 6.50. The number of carboxylic acid groups (broad SMARTS) is 1. The van der Waals surface area contributed by atoms with Gasteiger partial charge in [0.15, 0.2) is 0 Å². The molecule has 9 nitrogen and oxygen atoms in total. The van der Waals surface area contributed by atoms with E-state index in [-0.39, 0.29) is 24.0 Å². The molecule has 6 atom stereocenters. The van der Waals surface area contributed by atoms with Gasteiger partial charge in [0.1, 0.15) is 18.1 Å². The van der Waals surface area contributed by atoms with E-state index in [9.17, 15) is 24.3 Å². The number of thiol groups is 1. The molecule has 1 aromatic carbocycles. The molecule has 0 aliphatic heterocycles. The largest absolute Gasteiger partial charge is 0.480 e. The standard InChI is InChI=1S/C24H38N4O5S/c1-5-14(3)19(22(30)26-18(24(32)33)12-16-10-8-7-9-11-16)28-23(31)20(15(4)6-2)27-21(29)17(25)13-34/h7-11,14-15,17-20,34H,5-6,12-13,25H2,1-4H3,(H,26,30)(H,27,29)(H,28,31)(H,32,33). The molecule has 0 aromatic heterocycles. The third kappa shape index (κ3) is 8.98. The van der Waals surface area contributed by atoms with Crippen LogP contribution < -0.4 is 21.7 Å². The minimum atomic E-state index is -1.17. The Morgan fingerprint density at radius 2 is 1.35 bits per heavy atom. The summed E-state index contributed by atoms with van der Waals surface area (Å²) in [6, 6.07) is 5.07. The van der Waals surface area contributed by atoms with Crippen LogP contribution in [0.5, 0.6) is 0 Å². The molecule has 0 saturated heterocycles. The van der Waals surface area contributed by atoms with Crippen molar-refractivity contribution in [1.82, 2.24) is 16.0 Å². The van der Waals surface area contributed by atoms with Gasteiger partial charge in [0.25, 0.3) is 0 Å². The van der Waals surface area contributed by atoms with Gasteiger partial charge in [-0.25, -0.2) is 4.79 Å². The monoisotopic (exact) mass is 494 g/mol. The maximum Gasteiger partial charge on any atom is 0.326 e. The first-order chi connectivity index (χ1) is 16.0. The highest BCUT2D eigenvalue weighted by Crippen LogP contribution is 2.13. The number of nitrogens with one attached hydrogen (secondary N) is 3. The maximum absolute atomic E-state index is 13.2. The summed E-state index contributed by atoms with van der Waals surface area (Å²) >= 11 is 4.02. The number of carboxylic acids is 1. The van der Waals surface area contributed by atoms with Crippen LogP contribution in [-0.2, 0) is 25.6 Å². The highest BCUT2D eigenvalue weighted by Gasteiger charge is 2.34. The molecule has 190 valence electrons. The fourth-order valence-electron chi connectivity index (χ4n) is 3.30. The lowest BCUT2D eigenvalue weighted by Crippen LogP contribution is -2.60. The van der Waals surface area contributed by atoms with E-state index in [1.807, 2.05) is 26.8 Å². The Morgan fingerprint density at radius 3 is 1.79 bits per heavy atom. The summed E-state index contributed by atoms with van der Waals surface area (Å²) in [6.07, 6.45) is 1.28. The lowest BCUT2D eigenvalue weighted by Gasteiger charge is -2.30. The Balaban J connectivity index is 3.04. The number of carbonyl (C=O) groups is 4. The zero-order valence-electron chi connectivity index (χ0n) is 20.3. The lowest BCUT2D eigenvalue weighted by atomic mass is 9.94. The highest BCUT2D eigenvalue weighted by atomic mass is 32.1. The third-order valence-corrected chi connectivity index (χ3v) is 6.41. The van der Waals surface area contributed by atoms with E-state index < -0.39 is 47.9 Å². The topological polar surface area (TPSA) is 151 Å². The van der Waals surface area contributed by atoms with Gasteiger partial charge < -0.3 is 26.8 Å². The average Bonchev–Trinajstić information content (AvgIpc) is 2.83. The van der Waals surface area contributed by atoms with Crippen molar-refractivity contribution >= 4 is 36.3 Å². The Kier molecular flexibility index (Phi) is 12.7. The number of hydrogen-bond acceptors (Lipinski definition) is 6. The molecular weight excluding hydrogens is 456 g/mol. The second-order valence-electron chi connectivity index (χ2n) is 8.62. The zero-order chi connectivity index (χ0) is 25.8. The Bertz CT molecular complexity index is 823. The molecule has 0 aliphatic rings. The highest BCUT2D eigenvalue weighted by molar-refractivity contribution is 7.80. The zero-order valence-corrected chi connectivity index (χ0v) is 21.2. The van der Waals surface area contributed by atoms with Crippen LogP contribution in [0.1, 0.15) is 46.1 Å². The molecule has 0 spiro atoms. The van der Waals surface area contributed by atoms with Crippen LogP contribution in [-0.4, -0.2) is 58.7 Å². The van der Waals surface area contributed by atoms with Gasteiger partial charge in [0, 0.05) is 12.2 Å². The van der Waals surface area contributed by atoms with E-state index in [0.29, 0.717) is 12.8 Å². The van der Waals surface area contributed by atoms with Crippen molar-refractivity contribution in [3.8, 4) is 0 Å². The van der Waals surface area contributed by atoms with E-state index in [1.54, 1.807) is 31.2 Å². The van der Waals surface area contributed by atoms with E-state index >= 15 is 0 Å². The number of benzene rings is 1. The molecule has 1 aromatic rings. The van der Waals surface area contributed by atoms with Crippen molar-refractivity contribution in [2.24, 2.45) is 17.6 Å². The number of carbonyl (C=O) groups excluding carboxylic acids is 3. The summed E-state index contributed by atoms with van der Waals surface area (Å²) < 4.78 is 0. The molecule has 6 unspecified atom stereocenters. The second-order valence-corrected chi connectivity index (χ2v) is 8.99. The number of nitrogens with two attached hydrogens (primary N) is 1. The first-order valence-corrected chi connectivity index (χ1v) is 12.2. The molecule has 0 aliphatic carbocycles. The van der Waals surface area contributed by atoms with E-state index in [2.05, 4.69) is 28.6 Å². The van der Waals surface area contributed by atoms with Gasteiger partial charge in [0.05, 0.1) is 6.04 Å². The lowest BCUT2D eigenvalue weighted by molar-refractivity contribution is -0.142. The molecule has 0 saturated carbocycles. The van der Waals surface area contributed by atoms with Crippen LogP contribution in [0, 0.1) is 11.8 Å². The van der Waals surface area contributed by atoms with Gasteiger partial charge in [0.2, 0.25) is 17.7 Å². The van der Waals surface area contributed by atoms with Gasteiger partial charge >= 0.3 is 5.97 Å². The third-order valence-electron chi connectivity index (χ3n) is 6.02. The summed E-state index contributed by atoms with van der Waals surface area (Å²) in [4.78, 5) is 50.4. The van der Waals surface area contributed by atoms with Crippen molar-refractivity contribution in [1.29, 1.82) is 0 Å². The van der Waals surface area contributed by atoms with Crippen molar-refractivity contribution in [2.45, 2.75) is 71.1 Å². The van der Waals surface area contributed by atoms with Gasteiger partial charge in [-0.2, -0.15) is 12.6 Å². The molecule has 1 rings (SSSR count). The first kappa shape index (κ1) is 29.4. The van der Waals surface area contributed by atoms with Crippen LogP contribution in [0.2, 0.25) is 0 Å². The maximum atomic E-state index is 13.2. The quantitative estimate of drug-likeness (QED) is 0.213. The fourth-order valence-corrected chi connectivity index (χ4v) is 3.47. The normalized spacial score (nSPS) is 16.3. The molecule has 10 heteroatoms. The summed E-state index contributed by atoms with van der Waals surface area (Å²) in [6.45, 7) is 7.37. The first-order valence-electron chi connectivity index (χ1n) is 11.6. The predicted octanol–water partition coefficient (Wildman–Crippen LogP) is 1.12. The van der Waals surface area contributed by atoms with E-state index in [4.69, 9.17) is 5.73 Å². The van der Waals surface area contributed by atoms with Crippen molar-refractivity contribution in [3.05, 3.63) is 35.9 Å². The van der Waals surface area contributed by atoms with E-state index in [1.165, 1.54) is 0 Å². The fraction of sp³-hybridized carbons (Fsp3) is 0.583. The molecule has 3 amide bonds. The average molecular weight is 495 g/mol. The van der Waals surface area contributed by atoms with Gasteiger partial charge in [-0.05, 0) is 17.4 Å². The van der Waals surface area contributed by atoms with Crippen LogP contribution in [0.15, 0.2) is 30.3 Å². The molecule has 0 radical (unpaired) electrons. The second kappa shape index (κ2) is 14.6. The number of rotatable bonds is 14. The van der Waals surface area contributed by atoms with Gasteiger partial charge in [-0.15, -0.1) is 0 Å². The number of hydrogen-bond donors (Lipinski definition) is 6. The summed E-state index contributed by atoms with van der Waals surface area (Å²) in [5.74, 6) is -3.16. The molecule has 0 fully saturated rings. The van der Waals surface area contributed by atoms with Crippen molar-refractivity contribution in [2.75, 3.05) is 5.75 Å². The van der Waals surface area contributed by atoms with Crippen molar-refractivity contribution in [3.63, 3.8) is 0 Å². The molecule has 6 N–H and O–H groups in total. The molecule has 0 heterocycles.